The standard InChI is InChI=1S/C28H10N8O4S4/c29-11-15-3-1-13(9-17(15)35(37)38)19-5-7-21(41-19)23-25-27(33-43-31-25)24(28-26(23)32-44-34-28)22-8-6-20(42-22)14-2-4-16(12-30)18(10-14)36(39)40/h1-10H. The van der Waals surface area contributed by atoms with Gasteiger partial charge < -0.3 is 0 Å². The van der Waals surface area contributed by atoms with Gasteiger partial charge in [-0.2, -0.15) is 28.0 Å². The highest BCUT2D eigenvalue weighted by atomic mass is 32.1. The number of nitro groups is 2. The van der Waals surface area contributed by atoms with Gasteiger partial charge in [-0.1, -0.05) is 12.1 Å². The highest BCUT2D eigenvalue weighted by Crippen LogP contribution is 2.54. The van der Waals surface area contributed by atoms with Crippen LogP contribution in [0.5, 0.6) is 0 Å². The van der Waals surface area contributed by atoms with E-state index in [1.807, 2.05) is 36.4 Å². The summed E-state index contributed by atoms with van der Waals surface area (Å²) in [5, 5.41) is 41.5. The summed E-state index contributed by atoms with van der Waals surface area (Å²) in [7, 11) is 0. The first-order chi connectivity index (χ1) is 21.4. The van der Waals surface area contributed by atoms with E-state index in [-0.39, 0.29) is 22.5 Å². The monoisotopic (exact) mass is 650 g/mol. The van der Waals surface area contributed by atoms with Crippen molar-refractivity contribution < 1.29 is 9.85 Å². The Morgan fingerprint density at radius 2 is 1.07 bits per heavy atom. The molecular formula is C28H10N8O4S4. The summed E-state index contributed by atoms with van der Waals surface area (Å²) in [5.74, 6) is 0. The van der Waals surface area contributed by atoms with E-state index in [0.29, 0.717) is 33.5 Å². The third kappa shape index (κ3) is 4.37. The van der Waals surface area contributed by atoms with Crippen molar-refractivity contribution in [3.63, 3.8) is 0 Å². The minimum Gasteiger partial charge on any atom is -0.258 e. The minimum atomic E-state index is -0.567. The van der Waals surface area contributed by atoms with Crippen molar-refractivity contribution >= 4 is 79.5 Å². The molecule has 6 aromatic rings. The number of hydrogen-bond acceptors (Lipinski definition) is 13. The van der Waals surface area contributed by atoms with Crippen molar-refractivity contribution in [2.24, 2.45) is 8.73 Å². The molecule has 1 aliphatic heterocycles. The highest BCUT2D eigenvalue weighted by molar-refractivity contribution is 7.58. The van der Waals surface area contributed by atoms with E-state index in [2.05, 4.69) is 17.5 Å². The van der Waals surface area contributed by atoms with Crippen molar-refractivity contribution in [3.8, 4) is 53.9 Å². The molecule has 0 radical (unpaired) electrons. The number of benzene rings is 3. The number of rotatable bonds is 6. The smallest absolute Gasteiger partial charge is 0.258 e. The van der Waals surface area contributed by atoms with Gasteiger partial charge in [-0.05, 0) is 47.5 Å². The van der Waals surface area contributed by atoms with Crippen molar-refractivity contribution in [1.29, 1.82) is 10.5 Å². The molecule has 12 nitrogen and oxygen atoms in total. The predicted molar refractivity (Wildman–Crippen MR) is 169 cm³/mol. The van der Waals surface area contributed by atoms with Crippen LogP contribution in [0.1, 0.15) is 11.1 Å². The molecule has 210 valence electrons. The molecule has 3 aromatic carbocycles. The summed E-state index contributed by atoms with van der Waals surface area (Å²) in [6.45, 7) is 0. The van der Waals surface area contributed by atoms with Crippen LogP contribution in [0.2, 0.25) is 0 Å². The van der Waals surface area contributed by atoms with Crippen LogP contribution in [0.25, 0.3) is 52.8 Å². The van der Waals surface area contributed by atoms with Crippen molar-refractivity contribution in [2.45, 2.75) is 0 Å². The summed E-state index contributed by atoms with van der Waals surface area (Å²) in [5.41, 5.74) is 4.72. The summed E-state index contributed by atoms with van der Waals surface area (Å²) in [6, 6.07) is 20.3. The molecule has 0 atom stereocenters. The molecule has 0 fully saturated rings. The fourth-order valence-electron chi connectivity index (χ4n) is 4.84. The molecule has 1 aliphatic rings. The molecule has 0 saturated carbocycles. The molecule has 0 amide bonds. The van der Waals surface area contributed by atoms with E-state index in [1.165, 1.54) is 46.9 Å². The van der Waals surface area contributed by atoms with Crippen LogP contribution in [0.3, 0.4) is 0 Å². The maximum Gasteiger partial charge on any atom is 0.287 e. The zero-order chi connectivity index (χ0) is 30.5. The molecule has 0 spiro atoms. The Labute approximate surface area is 262 Å². The minimum absolute atomic E-state index is 0.00855. The molecule has 0 bridgehead atoms. The summed E-state index contributed by atoms with van der Waals surface area (Å²) in [4.78, 5) is 25.1. The zero-order valence-electron chi connectivity index (χ0n) is 21.6. The van der Waals surface area contributed by atoms with Crippen LogP contribution < -0.4 is 0 Å². The molecule has 16 heteroatoms. The largest absolute Gasteiger partial charge is 0.287 e. The van der Waals surface area contributed by atoms with Crippen LogP contribution in [-0.4, -0.2) is 18.6 Å². The Morgan fingerprint density at radius 1 is 0.636 bits per heavy atom. The first-order valence-electron chi connectivity index (χ1n) is 12.4. The second-order valence-corrected chi connectivity index (χ2v) is 12.4. The van der Waals surface area contributed by atoms with Crippen LogP contribution in [-0.2, 0) is 11.4 Å². The lowest BCUT2D eigenvalue weighted by Gasteiger charge is -2.09. The van der Waals surface area contributed by atoms with Gasteiger partial charge in [0.2, 0.25) is 0 Å². The Bertz CT molecular complexity index is 2230. The van der Waals surface area contributed by atoms with E-state index in [1.54, 1.807) is 12.1 Å². The number of nitro benzene ring substituents is 2. The molecule has 3 aromatic heterocycles. The Hall–Kier alpha value is -5.52. The molecule has 0 aliphatic carbocycles. The summed E-state index contributed by atoms with van der Waals surface area (Å²) in [6.07, 6.45) is 0. The quantitative estimate of drug-likeness (QED) is 0.126. The number of nitrogens with zero attached hydrogens (tertiary/aromatic N) is 8. The van der Waals surface area contributed by atoms with Gasteiger partial charge in [-0.15, -0.1) is 22.7 Å². The predicted octanol–water partition coefficient (Wildman–Crippen LogP) is 8.77. The molecule has 7 rings (SSSR count). The summed E-state index contributed by atoms with van der Waals surface area (Å²) >= 11 is 4.93. The first-order valence-corrected chi connectivity index (χ1v) is 15.5. The van der Waals surface area contributed by atoms with Crippen molar-refractivity contribution in [2.75, 3.05) is 0 Å². The van der Waals surface area contributed by atoms with Gasteiger partial charge in [0.15, 0.2) is 0 Å². The SMILES string of the molecule is N#Cc1ccc(-c2ccc(-c3c4c(c(-c5ccc(-c6ccc(C#N)c([N+](=O)[O-])c6)s5)c5nsnc35)N=S=N4)s2)cc1[N+](=O)[O-]. The number of fused-ring (bicyclic) bond motifs is 2. The Kier molecular flexibility index (Phi) is 6.60. The Balaban J connectivity index is 1.34. The maximum absolute atomic E-state index is 11.5. The average Bonchev–Trinajstić information content (AvgIpc) is 3.86. The van der Waals surface area contributed by atoms with Gasteiger partial charge >= 0.3 is 0 Å². The van der Waals surface area contributed by atoms with Crippen LogP contribution in [0.4, 0.5) is 22.7 Å². The topological polar surface area (TPSA) is 184 Å². The van der Waals surface area contributed by atoms with Crippen LogP contribution in [0, 0.1) is 42.9 Å². The van der Waals surface area contributed by atoms with Gasteiger partial charge in [0.05, 0.1) is 32.9 Å². The zero-order valence-corrected chi connectivity index (χ0v) is 24.9. The first kappa shape index (κ1) is 27.3. The number of thiophene rings is 2. The lowest BCUT2D eigenvalue weighted by Crippen LogP contribution is -1.92. The molecule has 0 saturated heterocycles. The molecule has 0 unspecified atom stereocenters. The normalized spacial score (nSPS) is 11.6. The van der Waals surface area contributed by atoms with E-state index in [4.69, 9.17) is 0 Å². The fourth-order valence-corrected chi connectivity index (χ4v) is 8.06. The van der Waals surface area contributed by atoms with Gasteiger partial charge in [-0.3, -0.25) is 20.2 Å². The van der Waals surface area contributed by atoms with Crippen molar-refractivity contribution in [1.82, 2.24) is 8.75 Å². The van der Waals surface area contributed by atoms with Crippen molar-refractivity contribution in [3.05, 3.63) is 92.0 Å². The maximum atomic E-state index is 11.5. The third-order valence-corrected chi connectivity index (χ3v) is 10.2. The van der Waals surface area contributed by atoms with E-state index >= 15 is 0 Å². The van der Waals surface area contributed by atoms with E-state index in [9.17, 15) is 30.8 Å². The lowest BCUT2D eigenvalue weighted by molar-refractivity contribution is -0.385. The second-order valence-electron chi connectivity index (χ2n) is 9.20. The van der Waals surface area contributed by atoms with Crippen LogP contribution in [0.15, 0.2) is 69.4 Å². The van der Waals surface area contributed by atoms with E-state index < -0.39 is 9.85 Å². The number of nitriles is 2. The second kappa shape index (κ2) is 10.6. The van der Waals surface area contributed by atoms with Crippen LogP contribution >= 0.6 is 34.4 Å². The number of hydrogen-bond donors (Lipinski definition) is 0. The average molecular weight is 651 g/mol. The molecule has 44 heavy (non-hydrogen) atoms. The number of aromatic nitrogens is 2. The molecular weight excluding hydrogens is 641 g/mol. The van der Waals surface area contributed by atoms with Gasteiger partial charge in [0, 0.05) is 42.8 Å². The van der Waals surface area contributed by atoms with Gasteiger partial charge in [-0.25, -0.2) is 0 Å². The summed E-state index contributed by atoms with van der Waals surface area (Å²) < 4.78 is 18.5. The third-order valence-electron chi connectivity index (χ3n) is 6.83. The fraction of sp³-hybridized carbons (Fsp3) is 0. The molecule has 4 heterocycles. The molecule has 0 N–H and O–H groups in total. The Morgan fingerprint density at radius 3 is 1.48 bits per heavy atom. The van der Waals surface area contributed by atoms with Gasteiger partial charge in [0.25, 0.3) is 11.4 Å². The highest BCUT2D eigenvalue weighted by Gasteiger charge is 2.28. The lowest BCUT2D eigenvalue weighted by atomic mass is 10.0. The van der Waals surface area contributed by atoms with Gasteiger partial charge in [0.1, 0.15) is 45.7 Å². The van der Waals surface area contributed by atoms with E-state index in [0.717, 1.165) is 53.7 Å².